The van der Waals surface area contributed by atoms with Crippen molar-refractivity contribution < 1.29 is 0 Å². The van der Waals surface area contributed by atoms with Gasteiger partial charge in [0.15, 0.2) is 0 Å². The van der Waals surface area contributed by atoms with Gasteiger partial charge in [0.1, 0.15) is 6.54 Å². The molecular weight excluding hydrogens is 128 g/mol. The van der Waals surface area contributed by atoms with Crippen molar-refractivity contribution in [2.24, 2.45) is 5.18 Å². The molecule has 0 aliphatic rings. The standard InChI is InChI=1S/C7H8N2O/c1-6-2-3-7(5-9-10)8-4-6/h2-4H,5H2,1H3. The number of nitroso groups, excluding NO2 is 1. The van der Waals surface area contributed by atoms with Crippen LogP contribution < -0.4 is 0 Å². The third-order valence-electron chi connectivity index (χ3n) is 1.20. The monoisotopic (exact) mass is 136 g/mol. The molecule has 0 N–H and O–H groups in total. The van der Waals surface area contributed by atoms with E-state index >= 15 is 0 Å². The number of rotatable bonds is 2. The predicted octanol–water partition coefficient (Wildman–Crippen LogP) is 1.66. The Morgan fingerprint density at radius 2 is 2.40 bits per heavy atom. The molecule has 1 rings (SSSR count). The summed E-state index contributed by atoms with van der Waals surface area (Å²) in [6.45, 7) is 2.12. The second-order valence-electron chi connectivity index (χ2n) is 2.11. The van der Waals surface area contributed by atoms with E-state index in [0.29, 0.717) is 0 Å². The SMILES string of the molecule is Cc1ccc(CN=O)nc1. The molecule has 0 bridgehead atoms. The van der Waals surface area contributed by atoms with Crippen molar-refractivity contribution in [3.8, 4) is 0 Å². The van der Waals surface area contributed by atoms with Crippen molar-refractivity contribution in [2.75, 3.05) is 0 Å². The average molecular weight is 136 g/mol. The predicted molar refractivity (Wildman–Crippen MR) is 38.5 cm³/mol. The van der Waals surface area contributed by atoms with Gasteiger partial charge in [-0.25, -0.2) is 0 Å². The number of aryl methyl sites for hydroxylation is 1. The van der Waals surface area contributed by atoms with Crippen LogP contribution in [0.25, 0.3) is 0 Å². The van der Waals surface area contributed by atoms with Gasteiger partial charge in [-0.3, -0.25) is 4.98 Å². The molecule has 0 saturated carbocycles. The summed E-state index contributed by atoms with van der Waals surface area (Å²) in [7, 11) is 0. The fourth-order valence-electron chi connectivity index (χ4n) is 0.658. The van der Waals surface area contributed by atoms with Gasteiger partial charge in [-0.15, -0.1) is 0 Å². The summed E-state index contributed by atoms with van der Waals surface area (Å²) in [6, 6.07) is 3.71. The fraction of sp³-hybridized carbons (Fsp3) is 0.286. The first-order valence-electron chi connectivity index (χ1n) is 3.03. The number of aromatic nitrogens is 1. The molecular formula is C7H8N2O. The molecule has 0 spiro atoms. The highest BCUT2D eigenvalue weighted by atomic mass is 16.3. The molecule has 1 aromatic rings. The van der Waals surface area contributed by atoms with Gasteiger partial charge in [-0.2, -0.15) is 4.91 Å². The highest BCUT2D eigenvalue weighted by Crippen LogP contribution is 1.98. The molecule has 0 atom stereocenters. The average Bonchev–Trinajstić information content (AvgIpc) is 1.95. The van der Waals surface area contributed by atoms with Crippen molar-refractivity contribution in [1.82, 2.24) is 4.98 Å². The van der Waals surface area contributed by atoms with Crippen LogP contribution in [-0.2, 0) is 6.54 Å². The van der Waals surface area contributed by atoms with Crippen LogP contribution in [-0.4, -0.2) is 4.98 Å². The molecule has 1 heterocycles. The van der Waals surface area contributed by atoms with Gasteiger partial charge in [-0.05, 0) is 18.6 Å². The van der Waals surface area contributed by atoms with E-state index in [1.54, 1.807) is 12.3 Å². The van der Waals surface area contributed by atoms with E-state index in [9.17, 15) is 4.91 Å². The maximum absolute atomic E-state index is 9.77. The summed E-state index contributed by atoms with van der Waals surface area (Å²) < 4.78 is 0. The molecule has 52 valence electrons. The van der Waals surface area contributed by atoms with E-state index in [2.05, 4.69) is 10.2 Å². The normalized spacial score (nSPS) is 9.30. The van der Waals surface area contributed by atoms with Gasteiger partial charge in [0, 0.05) is 6.20 Å². The molecule has 3 heteroatoms. The Kier molecular flexibility index (Phi) is 2.10. The first-order valence-corrected chi connectivity index (χ1v) is 3.03. The molecule has 0 unspecified atom stereocenters. The smallest absolute Gasteiger partial charge is 0.123 e. The summed E-state index contributed by atoms with van der Waals surface area (Å²) >= 11 is 0. The number of hydrogen-bond acceptors (Lipinski definition) is 3. The summed E-state index contributed by atoms with van der Waals surface area (Å²) in [6.07, 6.45) is 1.72. The lowest BCUT2D eigenvalue weighted by molar-refractivity contribution is 0.975. The Balaban J connectivity index is 2.78. The Labute approximate surface area is 59.1 Å². The Hall–Kier alpha value is -1.25. The molecule has 0 amide bonds. The van der Waals surface area contributed by atoms with E-state index in [1.807, 2.05) is 13.0 Å². The maximum atomic E-state index is 9.77. The Morgan fingerprint density at radius 3 is 2.90 bits per heavy atom. The van der Waals surface area contributed by atoms with E-state index in [-0.39, 0.29) is 6.54 Å². The van der Waals surface area contributed by atoms with Crippen molar-refractivity contribution in [2.45, 2.75) is 13.5 Å². The molecule has 0 radical (unpaired) electrons. The van der Waals surface area contributed by atoms with Gasteiger partial charge in [-0.1, -0.05) is 11.2 Å². The zero-order chi connectivity index (χ0) is 7.40. The zero-order valence-electron chi connectivity index (χ0n) is 5.74. The van der Waals surface area contributed by atoms with Crippen molar-refractivity contribution in [3.63, 3.8) is 0 Å². The Bertz CT molecular complexity index is 218. The molecule has 10 heavy (non-hydrogen) atoms. The number of pyridine rings is 1. The molecule has 0 aromatic carbocycles. The van der Waals surface area contributed by atoms with Crippen LogP contribution in [0.5, 0.6) is 0 Å². The zero-order valence-corrected chi connectivity index (χ0v) is 5.74. The summed E-state index contributed by atoms with van der Waals surface area (Å²) in [5.74, 6) is 0. The molecule has 1 aromatic heterocycles. The second kappa shape index (κ2) is 3.06. The van der Waals surface area contributed by atoms with E-state index < -0.39 is 0 Å². The van der Waals surface area contributed by atoms with E-state index in [1.165, 1.54) is 0 Å². The van der Waals surface area contributed by atoms with Gasteiger partial charge in [0.05, 0.1) is 5.69 Å². The van der Waals surface area contributed by atoms with Gasteiger partial charge in [0.2, 0.25) is 0 Å². The van der Waals surface area contributed by atoms with Crippen LogP contribution in [0.1, 0.15) is 11.3 Å². The molecule has 3 nitrogen and oxygen atoms in total. The Morgan fingerprint density at radius 1 is 1.60 bits per heavy atom. The third-order valence-corrected chi connectivity index (χ3v) is 1.20. The molecule has 0 saturated heterocycles. The minimum absolute atomic E-state index is 0.167. The largest absolute Gasteiger partial charge is 0.259 e. The fourth-order valence-corrected chi connectivity index (χ4v) is 0.658. The maximum Gasteiger partial charge on any atom is 0.123 e. The molecule has 0 fully saturated rings. The van der Waals surface area contributed by atoms with Crippen LogP contribution in [0.3, 0.4) is 0 Å². The topological polar surface area (TPSA) is 42.3 Å². The first-order chi connectivity index (χ1) is 4.83. The van der Waals surface area contributed by atoms with Gasteiger partial charge < -0.3 is 0 Å². The highest BCUT2D eigenvalue weighted by Gasteiger charge is 1.90. The third kappa shape index (κ3) is 1.62. The number of hydrogen-bond donors (Lipinski definition) is 0. The van der Waals surface area contributed by atoms with Gasteiger partial charge >= 0.3 is 0 Å². The molecule has 0 aliphatic carbocycles. The van der Waals surface area contributed by atoms with Crippen molar-refractivity contribution in [1.29, 1.82) is 0 Å². The minimum atomic E-state index is 0.167. The van der Waals surface area contributed by atoms with Crippen LogP contribution in [0, 0.1) is 11.8 Å². The summed E-state index contributed by atoms with van der Waals surface area (Å²) in [4.78, 5) is 13.7. The van der Waals surface area contributed by atoms with Crippen molar-refractivity contribution >= 4 is 0 Å². The van der Waals surface area contributed by atoms with Crippen LogP contribution >= 0.6 is 0 Å². The lowest BCUT2D eigenvalue weighted by Crippen LogP contribution is -1.85. The van der Waals surface area contributed by atoms with Gasteiger partial charge in [0.25, 0.3) is 0 Å². The van der Waals surface area contributed by atoms with E-state index in [4.69, 9.17) is 0 Å². The second-order valence-corrected chi connectivity index (χ2v) is 2.11. The van der Waals surface area contributed by atoms with Crippen LogP contribution in [0.4, 0.5) is 0 Å². The summed E-state index contributed by atoms with van der Waals surface area (Å²) in [5.41, 5.74) is 1.82. The highest BCUT2D eigenvalue weighted by molar-refractivity contribution is 5.11. The van der Waals surface area contributed by atoms with E-state index in [0.717, 1.165) is 11.3 Å². The molecule has 0 aliphatic heterocycles. The van der Waals surface area contributed by atoms with Crippen LogP contribution in [0.2, 0.25) is 0 Å². The lowest BCUT2D eigenvalue weighted by atomic mass is 10.3. The quantitative estimate of drug-likeness (QED) is 0.580. The summed E-state index contributed by atoms with van der Waals surface area (Å²) in [5, 5.41) is 2.72. The minimum Gasteiger partial charge on any atom is -0.259 e. The van der Waals surface area contributed by atoms with Crippen molar-refractivity contribution in [3.05, 3.63) is 34.5 Å². The van der Waals surface area contributed by atoms with Crippen LogP contribution in [0.15, 0.2) is 23.5 Å². The first kappa shape index (κ1) is 6.86. The number of nitrogens with zero attached hydrogens (tertiary/aromatic N) is 2. The lowest BCUT2D eigenvalue weighted by Gasteiger charge is -1.92.